The van der Waals surface area contributed by atoms with Gasteiger partial charge in [0.1, 0.15) is 0 Å². The fraction of sp³-hybridized carbons (Fsp3) is 0.800. The van der Waals surface area contributed by atoms with Crippen molar-refractivity contribution in [1.82, 2.24) is 4.90 Å². The molecule has 0 N–H and O–H groups in total. The van der Waals surface area contributed by atoms with E-state index in [1.54, 1.807) is 0 Å². The van der Waals surface area contributed by atoms with E-state index in [0.29, 0.717) is 5.41 Å². The molecule has 0 atom stereocenters. The number of halogens is 1. The van der Waals surface area contributed by atoms with Gasteiger partial charge in [0.2, 0.25) is 0 Å². The van der Waals surface area contributed by atoms with Crippen molar-refractivity contribution < 1.29 is 0 Å². The van der Waals surface area contributed by atoms with Crippen LogP contribution in [0.1, 0.15) is 27.7 Å². The fourth-order valence-electron chi connectivity index (χ4n) is 0.838. The van der Waals surface area contributed by atoms with Crippen LogP contribution in [0.15, 0.2) is 9.66 Å². The lowest BCUT2D eigenvalue weighted by Crippen LogP contribution is -2.25. The Bertz CT molecular complexity index is 156. The maximum atomic E-state index is 2.34. The molecule has 0 heterocycles. The van der Waals surface area contributed by atoms with Gasteiger partial charge >= 0.3 is 0 Å². The molecule has 0 aliphatic heterocycles. The van der Waals surface area contributed by atoms with E-state index in [9.17, 15) is 0 Å². The van der Waals surface area contributed by atoms with Gasteiger partial charge in [0.15, 0.2) is 0 Å². The van der Waals surface area contributed by atoms with Crippen molar-refractivity contribution >= 4 is 22.6 Å². The molecule has 0 saturated carbocycles. The first kappa shape index (κ1) is 12.4. The Morgan fingerprint density at radius 1 is 1.42 bits per heavy atom. The summed E-state index contributed by atoms with van der Waals surface area (Å²) in [6.45, 7) is 11.2. The Labute approximate surface area is 90.4 Å². The molecule has 0 aliphatic carbocycles. The molecule has 0 unspecified atom stereocenters. The lowest BCUT2D eigenvalue weighted by molar-refractivity contribution is 0.346. The first-order valence-corrected chi connectivity index (χ1v) is 5.64. The van der Waals surface area contributed by atoms with Crippen molar-refractivity contribution in [2.75, 3.05) is 20.1 Å². The molecule has 0 aromatic carbocycles. The second kappa shape index (κ2) is 5.22. The number of nitrogens with zero attached hydrogens (tertiary/aromatic N) is 1. The SMILES string of the molecule is CCN(C)C/C(=C\I)C(C)(C)C. The van der Waals surface area contributed by atoms with Crippen molar-refractivity contribution in [2.24, 2.45) is 5.41 Å². The highest BCUT2D eigenvalue weighted by Gasteiger charge is 2.17. The highest BCUT2D eigenvalue weighted by Crippen LogP contribution is 2.26. The summed E-state index contributed by atoms with van der Waals surface area (Å²) >= 11 is 2.34. The van der Waals surface area contributed by atoms with Gasteiger partial charge in [-0.05, 0) is 28.7 Å². The average molecular weight is 281 g/mol. The third-order valence-corrected chi connectivity index (χ3v) is 2.83. The average Bonchev–Trinajstić information content (AvgIpc) is 1.97. The van der Waals surface area contributed by atoms with E-state index in [1.807, 2.05) is 0 Å². The summed E-state index contributed by atoms with van der Waals surface area (Å²) in [7, 11) is 2.16. The first-order valence-electron chi connectivity index (χ1n) is 4.40. The van der Waals surface area contributed by atoms with Crippen molar-refractivity contribution in [1.29, 1.82) is 0 Å². The van der Waals surface area contributed by atoms with Crippen LogP contribution >= 0.6 is 22.6 Å². The van der Waals surface area contributed by atoms with Gasteiger partial charge in [-0.25, -0.2) is 0 Å². The summed E-state index contributed by atoms with van der Waals surface area (Å²) in [5, 5.41) is 0. The molecular weight excluding hydrogens is 261 g/mol. The predicted octanol–water partition coefficient (Wildman–Crippen LogP) is 3.30. The van der Waals surface area contributed by atoms with Crippen molar-refractivity contribution in [3.63, 3.8) is 0 Å². The van der Waals surface area contributed by atoms with E-state index in [4.69, 9.17) is 0 Å². The van der Waals surface area contributed by atoms with Gasteiger partial charge in [-0.15, -0.1) is 0 Å². The van der Waals surface area contributed by atoms with E-state index in [-0.39, 0.29) is 0 Å². The van der Waals surface area contributed by atoms with Gasteiger partial charge in [0, 0.05) is 6.54 Å². The fourth-order valence-corrected chi connectivity index (χ4v) is 1.97. The Hall–Kier alpha value is 0.430. The van der Waals surface area contributed by atoms with Crippen LogP contribution in [0.25, 0.3) is 0 Å². The second-order valence-corrected chi connectivity index (χ2v) is 4.84. The minimum Gasteiger partial charge on any atom is -0.303 e. The lowest BCUT2D eigenvalue weighted by atomic mass is 9.87. The number of likely N-dealkylation sites (N-methyl/N-ethyl adjacent to an activating group) is 1. The Morgan fingerprint density at radius 3 is 2.17 bits per heavy atom. The lowest BCUT2D eigenvalue weighted by Gasteiger charge is -2.26. The van der Waals surface area contributed by atoms with Crippen molar-refractivity contribution in [3.8, 4) is 0 Å². The summed E-state index contributed by atoms with van der Waals surface area (Å²) in [5.41, 5.74) is 1.82. The molecule has 0 saturated heterocycles. The monoisotopic (exact) mass is 281 g/mol. The summed E-state index contributed by atoms with van der Waals surface area (Å²) < 4.78 is 2.21. The van der Waals surface area contributed by atoms with Crippen molar-refractivity contribution in [2.45, 2.75) is 27.7 Å². The second-order valence-electron chi connectivity index (χ2n) is 4.21. The summed E-state index contributed by atoms with van der Waals surface area (Å²) in [6.07, 6.45) is 0. The molecule has 72 valence electrons. The summed E-state index contributed by atoms with van der Waals surface area (Å²) in [6, 6.07) is 0. The van der Waals surface area contributed by atoms with Gasteiger partial charge in [-0.2, -0.15) is 0 Å². The maximum absolute atomic E-state index is 2.34. The molecule has 12 heavy (non-hydrogen) atoms. The third-order valence-electron chi connectivity index (χ3n) is 2.08. The van der Waals surface area contributed by atoms with Crippen LogP contribution in [0.2, 0.25) is 0 Å². The Balaban J connectivity index is 4.22. The van der Waals surface area contributed by atoms with E-state index in [2.05, 4.69) is 66.3 Å². The van der Waals surface area contributed by atoms with Crippen LogP contribution in [0.3, 0.4) is 0 Å². The molecule has 0 aromatic heterocycles. The van der Waals surface area contributed by atoms with E-state index in [1.165, 1.54) is 5.57 Å². The van der Waals surface area contributed by atoms with Crippen LogP contribution in [-0.2, 0) is 0 Å². The standard InChI is InChI=1S/C10H20IN/c1-6-12(5)8-9(7-11)10(2,3)4/h7H,6,8H2,1-5H3/b9-7+. The normalized spacial score (nSPS) is 14.1. The zero-order valence-corrected chi connectivity index (χ0v) is 11.0. The van der Waals surface area contributed by atoms with Gasteiger partial charge in [0.05, 0.1) is 0 Å². The summed E-state index contributed by atoms with van der Waals surface area (Å²) in [4.78, 5) is 2.33. The van der Waals surface area contributed by atoms with E-state index >= 15 is 0 Å². The van der Waals surface area contributed by atoms with E-state index in [0.717, 1.165) is 13.1 Å². The zero-order chi connectivity index (χ0) is 9.78. The molecule has 0 bridgehead atoms. The minimum absolute atomic E-state index is 0.310. The molecule has 0 aromatic rings. The van der Waals surface area contributed by atoms with E-state index < -0.39 is 0 Å². The highest BCUT2D eigenvalue weighted by atomic mass is 127. The van der Waals surface area contributed by atoms with Gasteiger partial charge in [-0.3, -0.25) is 0 Å². The predicted molar refractivity (Wildman–Crippen MR) is 64.7 cm³/mol. The molecule has 0 spiro atoms. The van der Waals surface area contributed by atoms with Gasteiger partial charge < -0.3 is 4.90 Å². The molecule has 0 rings (SSSR count). The van der Waals surface area contributed by atoms with Crippen molar-refractivity contribution in [3.05, 3.63) is 9.66 Å². The maximum Gasteiger partial charge on any atom is 0.0202 e. The topological polar surface area (TPSA) is 3.24 Å². The quantitative estimate of drug-likeness (QED) is 0.717. The van der Waals surface area contributed by atoms with Crippen LogP contribution in [0, 0.1) is 5.41 Å². The largest absolute Gasteiger partial charge is 0.303 e. The summed E-state index contributed by atoms with van der Waals surface area (Å²) in [5.74, 6) is 0. The zero-order valence-electron chi connectivity index (χ0n) is 8.82. The molecule has 2 heteroatoms. The third kappa shape index (κ3) is 4.45. The number of rotatable bonds is 3. The minimum atomic E-state index is 0.310. The molecular formula is C10H20IN. The molecule has 0 amide bonds. The Morgan fingerprint density at radius 2 is 1.92 bits per heavy atom. The molecule has 0 radical (unpaired) electrons. The molecule has 1 nitrogen and oxygen atoms in total. The van der Waals surface area contributed by atoms with Crippen LogP contribution < -0.4 is 0 Å². The smallest absolute Gasteiger partial charge is 0.0202 e. The van der Waals surface area contributed by atoms with Gasteiger partial charge in [0.25, 0.3) is 0 Å². The number of hydrogen-bond donors (Lipinski definition) is 0. The van der Waals surface area contributed by atoms with Crippen LogP contribution in [0.4, 0.5) is 0 Å². The number of hydrogen-bond acceptors (Lipinski definition) is 1. The van der Waals surface area contributed by atoms with Crippen LogP contribution in [0.5, 0.6) is 0 Å². The Kier molecular flexibility index (Phi) is 5.41. The first-order chi connectivity index (χ1) is 5.41. The highest BCUT2D eigenvalue weighted by molar-refractivity contribution is 14.1. The van der Waals surface area contributed by atoms with Crippen LogP contribution in [-0.4, -0.2) is 25.0 Å². The molecule has 0 fully saturated rings. The van der Waals surface area contributed by atoms with Gasteiger partial charge in [-0.1, -0.05) is 50.3 Å². The molecule has 0 aliphatic rings.